The molecule has 2 nitrogen and oxygen atoms in total. The first-order valence-corrected chi connectivity index (χ1v) is 9.82. The van der Waals surface area contributed by atoms with E-state index in [4.69, 9.17) is 9.47 Å². The van der Waals surface area contributed by atoms with E-state index in [0.29, 0.717) is 0 Å². The highest BCUT2D eigenvalue weighted by Gasteiger charge is 2.18. The molecule has 0 saturated heterocycles. The fourth-order valence-electron chi connectivity index (χ4n) is 3.64. The largest absolute Gasteiger partial charge is 0.497 e. The molecule has 0 aliphatic carbocycles. The summed E-state index contributed by atoms with van der Waals surface area (Å²) in [6.45, 7) is 8.40. The van der Waals surface area contributed by atoms with Crippen LogP contribution in [0.3, 0.4) is 0 Å². The van der Waals surface area contributed by atoms with Crippen LogP contribution in [0.2, 0.25) is 0 Å². The highest BCUT2D eigenvalue weighted by atomic mass is 16.5. The monoisotopic (exact) mass is 384 g/mol. The van der Waals surface area contributed by atoms with Crippen LogP contribution in [0.5, 0.6) is 11.5 Å². The first kappa shape index (κ1) is 20.5. The summed E-state index contributed by atoms with van der Waals surface area (Å²) in [7, 11) is 3.39. The second-order valence-electron chi connectivity index (χ2n) is 7.07. The van der Waals surface area contributed by atoms with Crippen LogP contribution in [0.4, 0.5) is 0 Å². The van der Waals surface area contributed by atoms with Gasteiger partial charge in [-0.1, -0.05) is 61.2 Å². The van der Waals surface area contributed by atoms with Gasteiger partial charge in [0.05, 0.1) is 14.2 Å². The summed E-state index contributed by atoms with van der Waals surface area (Å²) < 4.78 is 10.8. The molecule has 2 heteroatoms. The molecule has 0 aliphatic rings. The number of allylic oxidation sites excluding steroid dienone is 1. The number of hydrogen-bond donors (Lipinski definition) is 0. The quantitative estimate of drug-likeness (QED) is 0.384. The van der Waals surface area contributed by atoms with Gasteiger partial charge >= 0.3 is 0 Å². The second kappa shape index (κ2) is 9.79. The van der Waals surface area contributed by atoms with Crippen LogP contribution in [0.15, 0.2) is 92.0 Å². The standard InChI is InChI=1S/C27H28O2/c1-5-9-23(18-21-12-14-24(28-3)15-13-21)27-19-25(29-4)16-17-26(27)20(2)22-10-7-6-8-11-22/h5-8,10-17,19,23H,1-2,9,18H2,3-4H3. The summed E-state index contributed by atoms with van der Waals surface area (Å²) in [6, 6.07) is 24.8. The van der Waals surface area contributed by atoms with Crippen molar-refractivity contribution in [2.24, 2.45) is 0 Å². The Hall–Kier alpha value is -3.26. The average Bonchev–Trinajstić information content (AvgIpc) is 2.79. The first-order valence-electron chi connectivity index (χ1n) is 9.82. The van der Waals surface area contributed by atoms with Crippen molar-refractivity contribution in [3.63, 3.8) is 0 Å². The fourth-order valence-corrected chi connectivity index (χ4v) is 3.64. The summed E-state index contributed by atoms with van der Waals surface area (Å²) in [5.41, 5.74) is 5.79. The fraction of sp³-hybridized carbons (Fsp3) is 0.185. The van der Waals surface area contributed by atoms with Crippen molar-refractivity contribution in [3.05, 3.63) is 114 Å². The minimum absolute atomic E-state index is 0.270. The molecule has 0 amide bonds. The predicted molar refractivity (Wildman–Crippen MR) is 122 cm³/mol. The summed E-state index contributed by atoms with van der Waals surface area (Å²) in [5.74, 6) is 1.99. The minimum atomic E-state index is 0.270. The third-order valence-electron chi connectivity index (χ3n) is 5.24. The lowest BCUT2D eigenvalue weighted by atomic mass is 9.83. The van der Waals surface area contributed by atoms with E-state index in [-0.39, 0.29) is 5.92 Å². The van der Waals surface area contributed by atoms with E-state index in [1.165, 1.54) is 11.1 Å². The van der Waals surface area contributed by atoms with Crippen LogP contribution in [-0.4, -0.2) is 14.2 Å². The third kappa shape index (κ3) is 4.97. The molecule has 0 spiro atoms. The summed E-state index contributed by atoms with van der Waals surface area (Å²) in [5, 5.41) is 0. The minimum Gasteiger partial charge on any atom is -0.497 e. The Labute approximate surface area is 174 Å². The Kier molecular flexibility index (Phi) is 6.91. The molecule has 0 aromatic heterocycles. The van der Waals surface area contributed by atoms with Crippen molar-refractivity contribution in [3.8, 4) is 11.5 Å². The van der Waals surface area contributed by atoms with Gasteiger partial charge in [-0.15, -0.1) is 6.58 Å². The van der Waals surface area contributed by atoms with Crippen molar-refractivity contribution >= 4 is 5.57 Å². The summed E-state index contributed by atoms with van der Waals surface area (Å²) >= 11 is 0. The van der Waals surface area contributed by atoms with Gasteiger partial charge < -0.3 is 9.47 Å². The van der Waals surface area contributed by atoms with Crippen molar-refractivity contribution in [2.45, 2.75) is 18.8 Å². The maximum Gasteiger partial charge on any atom is 0.119 e. The molecule has 0 bridgehead atoms. The third-order valence-corrected chi connectivity index (χ3v) is 5.24. The van der Waals surface area contributed by atoms with Crippen LogP contribution in [0, 0.1) is 0 Å². The van der Waals surface area contributed by atoms with Crippen molar-refractivity contribution in [2.75, 3.05) is 14.2 Å². The normalized spacial score (nSPS) is 11.5. The number of methoxy groups -OCH3 is 2. The van der Waals surface area contributed by atoms with Crippen LogP contribution in [-0.2, 0) is 6.42 Å². The number of hydrogen-bond acceptors (Lipinski definition) is 2. The molecule has 1 atom stereocenters. The van der Waals surface area contributed by atoms with Gasteiger partial charge in [0, 0.05) is 0 Å². The van der Waals surface area contributed by atoms with E-state index < -0.39 is 0 Å². The van der Waals surface area contributed by atoms with E-state index in [1.807, 2.05) is 42.5 Å². The maximum absolute atomic E-state index is 5.53. The molecule has 0 saturated carbocycles. The smallest absolute Gasteiger partial charge is 0.119 e. The molecule has 1 unspecified atom stereocenters. The second-order valence-corrected chi connectivity index (χ2v) is 7.07. The molecule has 3 aromatic carbocycles. The molecule has 0 N–H and O–H groups in total. The van der Waals surface area contributed by atoms with Crippen LogP contribution < -0.4 is 9.47 Å². The lowest BCUT2D eigenvalue weighted by molar-refractivity contribution is 0.413. The summed E-state index contributed by atoms with van der Waals surface area (Å²) in [4.78, 5) is 0. The van der Waals surface area contributed by atoms with Crippen LogP contribution in [0.1, 0.15) is 34.6 Å². The zero-order valence-corrected chi connectivity index (χ0v) is 17.2. The molecular formula is C27H28O2. The molecule has 3 aromatic rings. The first-order chi connectivity index (χ1) is 14.2. The van der Waals surface area contributed by atoms with E-state index in [1.54, 1.807) is 14.2 Å². The zero-order valence-electron chi connectivity index (χ0n) is 17.2. The molecule has 0 fully saturated rings. The highest BCUT2D eigenvalue weighted by Crippen LogP contribution is 2.36. The van der Waals surface area contributed by atoms with Gasteiger partial charge in [-0.3, -0.25) is 0 Å². The Morgan fingerprint density at radius 3 is 2.17 bits per heavy atom. The van der Waals surface area contributed by atoms with E-state index in [0.717, 1.165) is 41.0 Å². The Morgan fingerprint density at radius 2 is 1.55 bits per heavy atom. The van der Waals surface area contributed by atoms with Gasteiger partial charge in [0.1, 0.15) is 11.5 Å². The Balaban J connectivity index is 2.01. The topological polar surface area (TPSA) is 18.5 Å². The lowest BCUT2D eigenvalue weighted by Crippen LogP contribution is -2.07. The van der Waals surface area contributed by atoms with Gasteiger partial charge in [0.25, 0.3) is 0 Å². The SMILES string of the molecule is C=CCC(Cc1ccc(OC)cc1)c1cc(OC)ccc1C(=C)c1ccccc1. The Morgan fingerprint density at radius 1 is 0.897 bits per heavy atom. The summed E-state index contributed by atoms with van der Waals surface area (Å²) in [6.07, 6.45) is 3.76. The molecule has 0 radical (unpaired) electrons. The predicted octanol–water partition coefficient (Wildman–Crippen LogP) is 6.67. The number of benzene rings is 3. The van der Waals surface area contributed by atoms with Gasteiger partial charge in [-0.2, -0.15) is 0 Å². The van der Waals surface area contributed by atoms with Crippen LogP contribution >= 0.6 is 0 Å². The van der Waals surface area contributed by atoms with Gasteiger partial charge in [0.2, 0.25) is 0 Å². The molecule has 0 heterocycles. The van der Waals surface area contributed by atoms with Gasteiger partial charge in [-0.05, 0) is 70.9 Å². The molecule has 29 heavy (non-hydrogen) atoms. The molecule has 3 rings (SSSR count). The Bertz CT molecular complexity index is 956. The lowest BCUT2D eigenvalue weighted by Gasteiger charge is -2.22. The van der Waals surface area contributed by atoms with Crippen molar-refractivity contribution < 1.29 is 9.47 Å². The highest BCUT2D eigenvalue weighted by molar-refractivity contribution is 5.80. The van der Waals surface area contributed by atoms with Crippen molar-refractivity contribution in [1.29, 1.82) is 0 Å². The maximum atomic E-state index is 5.53. The average molecular weight is 385 g/mol. The number of ether oxygens (including phenoxy) is 2. The molecular weight excluding hydrogens is 356 g/mol. The van der Waals surface area contributed by atoms with E-state index in [9.17, 15) is 0 Å². The van der Waals surface area contributed by atoms with Crippen molar-refractivity contribution in [1.82, 2.24) is 0 Å². The van der Waals surface area contributed by atoms with Crippen LogP contribution in [0.25, 0.3) is 5.57 Å². The zero-order chi connectivity index (χ0) is 20.6. The molecule has 148 valence electrons. The van der Waals surface area contributed by atoms with E-state index in [2.05, 4.69) is 49.6 Å². The van der Waals surface area contributed by atoms with Gasteiger partial charge in [0.15, 0.2) is 0 Å². The molecule has 0 aliphatic heterocycles. The van der Waals surface area contributed by atoms with Gasteiger partial charge in [-0.25, -0.2) is 0 Å². The van der Waals surface area contributed by atoms with E-state index >= 15 is 0 Å². The number of rotatable bonds is 9.